The zero-order valence-corrected chi connectivity index (χ0v) is 8.07. The van der Waals surface area contributed by atoms with Crippen LogP contribution in [-0.2, 0) is 0 Å². The van der Waals surface area contributed by atoms with Crippen LogP contribution in [0.4, 0.5) is 0 Å². The van der Waals surface area contributed by atoms with Gasteiger partial charge in [0.2, 0.25) is 0 Å². The van der Waals surface area contributed by atoms with Crippen LogP contribution in [0.5, 0.6) is 0 Å². The van der Waals surface area contributed by atoms with Crippen LogP contribution in [0.15, 0.2) is 0 Å². The van der Waals surface area contributed by atoms with Gasteiger partial charge in [-0.25, -0.2) is 0 Å². The molecule has 0 aliphatic carbocycles. The van der Waals surface area contributed by atoms with Crippen LogP contribution < -0.4 is 0 Å². The average Bonchev–Trinajstić information content (AvgIpc) is 2.02. The molecule has 0 aromatic carbocycles. The van der Waals surface area contributed by atoms with Crippen molar-refractivity contribution in [2.24, 2.45) is 11.8 Å². The van der Waals surface area contributed by atoms with Crippen LogP contribution in [0.25, 0.3) is 0 Å². The van der Waals surface area contributed by atoms with E-state index < -0.39 is 6.10 Å². The summed E-state index contributed by atoms with van der Waals surface area (Å²) in [6.45, 7) is 5.35. The lowest BCUT2D eigenvalue weighted by molar-refractivity contribution is 0.0323. The lowest BCUT2D eigenvalue weighted by Crippen LogP contribution is -2.26. The highest BCUT2D eigenvalue weighted by Gasteiger charge is 2.18. The van der Waals surface area contributed by atoms with Crippen LogP contribution >= 0.6 is 0 Å². The molecule has 0 aliphatic rings. The average molecular weight is 176 g/mol. The van der Waals surface area contributed by atoms with Crippen molar-refractivity contribution in [3.63, 3.8) is 0 Å². The summed E-state index contributed by atoms with van der Waals surface area (Å²) in [5.74, 6) is 0.209. The molecule has 0 saturated heterocycles. The SMILES string of the molecule is C[C@H](C[C@H](C)[C@@H](C)O)[C@@H](O)CO. The fraction of sp³-hybridized carbons (Fsp3) is 1.00. The molecule has 3 nitrogen and oxygen atoms in total. The third-order valence-electron chi connectivity index (χ3n) is 2.41. The molecule has 3 N–H and O–H groups in total. The van der Waals surface area contributed by atoms with E-state index in [2.05, 4.69) is 0 Å². The van der Waals surface area contributed by atoms with Gasteiger partial charge in [-0.3, -0.25) is 0 Å². The van der Waals surface area contributed by atoms with Gasteiger partial charge in [0.1, 0.15) is 0 Å². The highest BCUT2D eigenvalue weighted by atomic mass is 16.3. The summed E-state index contributed by atoms with van der Waals surface area (Å²) in [6, 6.07) is 0. The second-order valence-corrected chi connectivity index (χ2v) is 3.68. The Morgan fingerprint density at radius 3 is 1.83 bits per heavy atom. The van der Waals surface area contributed by atoms with Gasteiger partial charge in [0.15, 0.2) is 0 Å². The van der Waals surface area contributed by atoms with Crippen LogP contribution in [0.3, 0.4) is 0 Å². The Kier molecular flexibility index (Phi) is 5.46. The van der Waals surface area contributed by atoms with Crippen LogP contribution in [0, 0.1) is 11.8 Å². The lowest BCUT2D eigenvalue weighted by atomic mass is 9.90. The molecule has 0 fully saturated rings. The minimum absolute atomic E-state index is 0.0413. The molecule has 0 aliphatic heterocycles. The first kappa shape index (κ1) is 11.9. The van der Waals surface area contributed by atoms with E-state index in [-0.39, 0.29) is 24.5 Å². The monoisotopic (exact) mass is 176 g/mol. The van der Waals surface area contributed by atoms with Gasteiger partial charge in [0.05, 0.1) is 18.8 Å². The van der Waals surface area contributed by atoms with Crippen molar-refractivity contribution in [1.29, 1.82) is 0 Å². The van der Waals surface area contributed by atoms with E-state index in [1.54, 1.807) is 6.92 Å². The van der Waals surface area contributed by atoms with Crippen molar-refractivity contribution in [2.45, 2.75) is 39.4 Å². The summed E-state index contributed by atoms with van der Waals surface area (Å²) in [4.78, 5) is 0. The topological polar surface area (TPSA) is 60.7 Å². The van der Waals surface area contributed by atoms with Crippen LogP contribution in [0.1, 0.15) is 27.2 Å². The third kappa shape index (κ3) is 4.04. The predicted molar refractivity (Wildman–Crippen MR) is 47.7 cm³/mol. The van der Waals surface area contributed by atoms with E-state index in [1.165, 1.54) is 0 Å². The van der Waals surface area contributed by atoms with Crippen molar-refractivity contribution in [3.8, 4) is 0 Å². The Labute approximate surface area is 74.0 Å². The maximum Gasteiger partial charge on any atom is 0.0796 e. The zero-order valence-electron chi connectivity index (χ0n) is 8.07. The summed E-state index contributed by atoms with van der Waals surface area (Å²) >= 11 is 0. The van der Waals surface area contributed by atoms with Crippen LogP contribution in [-0.4, -0.2) is 34.1 Å². The molecule has 12 heavy (non-hydrogen) atoms. The quantitative estimate of drug-likeness (QED) is 0.567. The lowest BCUT2D eigenvalue weighted by Gasteiger charge is -2.22. The molecule has 0 saturated carbocycles. The fourth-order valence-corrected chi connectivity index (χ4v) is 1.12. The van der Waals surface area contributed by atoms with Crippen molar-refractivity contribution in [3.05, 3.63) is 0 Å². The zero-order chi connectivity index (χ0) is 9.72. The molecule has 0 amide bonds. The minimum Gasteiger partial charge on any atom is -0.394 e. The molecule has 4 atom stereocenters. The largest absolute Gasteiger partial charge is 0.394 e. The number of aliphatic hydroxyl groups excluding tert-OH is 3. The molecule has 0 heterocycles. The molecule has 0 spiro atoms. The van der Waals surface area contributed by atoms with Gasteiger partial charge in [0, 0.05) is 0 Å². The van der Waals surface area contributed by atoms with Gasteiger partial charge >= 0.3 is 0 Å². The Hall–Kier alpha value is -0.120. The predicted octanol–water partition coefficient (Wildman–Crippen LogP) is 0.383. The molecule has 0 unspecified atom stereocenters. The van der Waals surface area contributed by atoms with Crippen molar-refractivity contribution in [2.75, 3.05) is 6.61 Å². The molecule has 74 valence electrons. The smallest absolute Gasteiger partial charge is 0.0796 e. The van der Waals surface area contributed by atoms with E-state index in [9.17, 15) is 10.2 Å². The van der Waals surface area contributed by atoms with Crippen molar-refractivity contribution >= 4 is 0 Å². The maximum absolute atomic E-state index is 9.23. The Morgan fingerprint density at radius 2 is 1.50 bits per heavy atom. The number of hydrogen-bond acceptors (Lipinski definition) is 3. The summed E-state index contributed by atoms with van der Waals surface area (Å²) < 4.78 is 0. The molecular weight excluding hydrogens is 156 g/mol. The van der Waals surface area contributed by atoms with E-state index in [0.717, 1.165) is 6.42 Å². The van der Waals surface area contributed by atoms with E-state index in [4.69, 9.17) is 5.11 Å². The van der Waals surface area contributed by atoms with Crippen LogP contribution in [0.2, 0.25) is 0 Å². The van der Waals surface area contributed by atoms with Gasteiger partial charge in [-0.15, -0.1) is 0 Å². The number of hydrogen-bond donors (Lipinski definition) is 3. The van der Waals surface area contributed by atoms with Gasteiger partial charge < -0.3 is 15.3 Å². The van der Waals surface area contributed by atoms with Gasteiger partial charge in [-0.1, -0.05) is 13.8 Å². The molecule has 0 aromatic rings. The highest BCUT2D eigenvalue weighted by Crippen LogP contribution is 2.17. The Bertz CT molecular complexity index is 114. The number of aliphatic hydroxyl groups is 3. The Balaban J connectivity index is 3.75. The molecule has 0 bridgehead atoms. The summed E-state index contributed by atoms with van der Waals surface area (Å²) in [5.41, 5.74) is 0. The standard InChI is InChI=1S/C9H20O3/c1-6(8(3)11)4-7(2)9(12)5-10/h6-12H,4-5H2,1-3H3/t6-,7+,8+,9-/m0/s1. The second kappa shape index (κ2) is 5.51. The molecule has 0 radical (unpaired) electrons. The highest BCUT2D eigenvalue weighted by molar-refractivity contribution is 4.69. The molecule has 0 aromatic heterocycles. The van der Waals surface area contributed by atoms with Crippen molar-refractivity contribution in [1.82, 2.24) is 0 Å². The van der Waals surface area contributed by atoms with E-state index in [0.29, 0.717) is 0 Å². The van der Waals surface area contributed by atoms with Gasteiger partial charge in [-0.2, -0.15) is 0 Å². The second-order valence-electron chi connectivity index (χ2n) is 3.68. The third-order valence-corrected chi connectivity index (χ3v) is 2.41. The molecule has 0 rings (SSSR count). The molecule has 3 heteroatoms. The maximum atomic E-state index is 9.23. The first-order chi connectivity index (χ1) is 5.49. The first-order valence-corrected chi connectivity index (χ1v) is 4.46. The normalized spacial score (nSPS) is 21.5. The molecular formula is C9H20O3. The van der Waals surface area contributed by atoms with E-state index in [1.807, 2.05) is 13.8 Å². The first-order valence-electron chi connectivity index (χ1n) is 4.46. The van der Waals surface area contributed by atoms with Crippen molar-refractivity contribution < 1.29 is 15.3 Å². The fourth-order valence-electron chi connectivity index (χ4n) is 1.12. The summed E-state index contributed by atoms with van der Waals surface area (Å²) in [6.07, 6.45) is -0.274. The minimum atomic E-state index is -0.661. The van der Waals surface area contributed by atoms with Gasteiger partial charge in [0.25, 0.3) is 0 Å². The number of rotatable bonds is 5. The van der Waals surface area contributed by atoms with Gasteiger partial charge in [-0.05, 0) is 25.2 Å². The summed E-state index contributed by atoms with van der Waals surface area (Å²) in [7, 11) is 0. The summed E-state index contributed by atoms with van der Waals surface area (Å²) in [5, 5.41) is 27.0. The van der Waals surface area contributed by atoms with E-state index >= 15 is 0 Å². The Morgan fingerprint density at radius 1 is 1.00 bits per heavy atom.